The summed E-state index contributed by atoms with van der Waals surface area (Å²) in [7, 11) is 3.31. The summed E-state index contributed by atoms with van der Waals surface area (Å²) in [5, 5.41) is 5.68. The molecule has 0 aliphatic carbocycles. The van der Waals surface area contributed by atoms with Gasteiger partial charge in [-0.2, -0.15) is 13.2 Å². The van der Waals surface area contributed by atoms with Crippen LogP contribution in [0.2, 0.25) is 0 Å². The Hall–Kier alpha value is -0.980. The van der Waals surface area contributed by atoms with Crippen LogP contribution >= 0.6 is 0 Å². The van der Waals surface area contributed by atoms with Crippen molar-refractivity contribution in [2.75, 3.05) is 33.9 Å². The number of nitrogens with zero attached hydrogens (tertiary/aromatic N) is 1. The molecule has 0 saturated heterocycles. The van der Waals surface area contributed by atoms with Gasteiger partial charge in [0, 0.05) is 27.2 Å². The van der Waals surface area contributed by atoms with Crippen LogP contribution in [0.4, 0.5) is 13.2 Å². The maximum Gasteiger partial charge on any atom is 0.411 e. The molecule has 0 amide bonds. The van der Waals surface area contributed by atoms with Crippen molar-refractivity contribution in [1.82, 2.24) is 10.6 Å². The van der Waals surface area contributed by atoms with E-state index in [2.05, 4.69) is 20.4 Å². The minimum Gasteiger partial charge on any atom is -0.372 e. The van der Waals surface area contributed by atoms with Crippen LogP contribution in [-0.4, -0.2) is 46.0 Å². The monoisotopic (exact) mass is 227 g/mol. The number of halogens is 3. The standard InChI is InChI=1S/C8H16F3N3O/c1-12-7(13-2)14-4-3-5-15-6-8(9,10)11/h3-6H2,1-2H3,(H2,12,13,14). The topological polar surface area (TPSA) is 45.7 Å². The van der Waals surface area contributed by atoms with E-state index in [9.17, 15) is 13.2 Å². The Morgan fingerprint density at radius 3 is 2.53 bits per heavy atom. The van der Waals surface area contributed by atoms with Crippen molar-refractivity contribution in [3.05, 3.63) is 0 Å². The first-order valence-corrected chi connectivity index (χ1v) is 4.52. The predicted molar refractivity (Wildman–Crippen MR) is 51.9 cm³/mol. The number of alkyl halides is 3. The lowest BCUT2D eigenvalue weighted by molar-refractivity contribution is -0.173. The average molecular weight is 227 g/mol. The highest BCUT2D eigenvalue weighted by Crippen LogP contribution is 2.14. The molecule has 0 fully saturated rings. The lowest BCUT2D eigenvalue weighted by Gasteiger charge is -2.09. The molecule has 0 aromatic carbocycles. The van der Waals surface area contributed by atoms with Gasteiger partial charge in [-0.05, 0) is 6.42 Å². The Morgan fingerprint density at radius 1 is 1.40 bits per heavy atom. The van der Waals surface area contributed by atoms with Gasteiger partial charge in [0.15, 0.2) is 5.96 Å². The van der Waals surface area contributed by atoms with E-state index in [-0.39, 0.29) is 6.61 Å². The molecule has 4 nitrogen and oxygen atoms in total. The van der Waals surface area contributed by atoms with Crippen molar-refractivity contribution in [2.45, 2.75) is 12.6 Å². The highest BCUT2D eigenvalue weighted by molar-refractivity contribution is 5.79. The fourth-order valence-corrected chi connectivity index (χ4v) is 0.848. The summed E-state index contributed by atoms with van der Waals surface area (Å²) in [5.74, 6) is 0.603. The van der Waals surface area contributed by atoms with Gasteiger partial charge < -0.3 is 15.4 Å². The van der Waals surface area contributed by atoms with Crippen LogP contribution in [0, 0.1) is 0 Å². The molecule has 2 N–H and O–H groups in total. The zero-order chi connectivity index (χ0) is 11.7. The van der Waals surface area contributed by atoms with Crippen LogP contribution < -0.4 is 10.6 Å². The molecule has 0 aromatic rings. The summed E-state index contributed by atoms with van der Waals surface area (Å²) in [4.78, 5) is 3.84. The van der Waals surface area contributed by atoms with Crippen molar-refractivity contribution in [1.29, 1.82) is 0 Å². The van der Waals surface area contributed by atoms with Crippen molar-refractivity contribution in [2.24, 2.45) is 4.99 Å². The maximum atomic E-state index is 11.6. The maximum absolute atomic E-state index is 11.6. The van der Waals surface area contributed by atoms with Crippen LogP contribution in [0.1, 0.15) is 6.42 Å². The van der Waals surface area contributed by atoms with Crippen molar-refractivity contribution in [3.63, 3.8) is 0 Å². The number of rotatable bonds is 5. The minimum atomic E-state index is -4.24. The second-order valence-corrected chi connectivity index (χ2v) is 2.77. The number of ether oxygens (including phenoxy) is 1. The largest absolute Gasteiger partial charge is 0.411 e. The lowest BCUT2D eigenvalue weighted by atomic mass is 10.4. The summed E-state index contributed by atoms with van der Waals surface area (Å²) in [6.07, 6.45) is -3.74. The lowest BCUT2D eigenvalue weighted by Crippen LogP contribution is -2.35. The van der Waals surface area contributed by atoms with Crippen LogP contribution in [0.3, 0.4) is 0 Å². The summed E-state index contributed by atoms with van der Waals surface area (Å²) in [5.41, 5.74) is 0. The van der Waals surface area contributed by atoms with E-state index >= 15 is 0 Å². The van der Waals surface area contributed by atoms with Gasteiger partial charge in [0.25, 0.3) is 0 Å². The molecule has 90 valence electrons. The van der Waals surface area contributed by atoms with Gasteiger partial charge in [-0.1, -0.05) is 0 Å². The zero-order valence-electron chi connectivity index (χ0n) is 8.82. The van der Waals surface area contributed by atoms with E-state index in [4.69, 9.17) is 0 Å². The molecule has 0 saturated carbocycles. The summed E-state index contributed by atoms with van der Waals surface area (Å²) in [6, 6.07) is 0. The van der Waals surface area contributed by atoms with Crippen LogP contribution in [0.5, 0.6) is 0 Å². The van der Waals surface area contributed by atoms with Crippen LogP contribution in [-0.2, 0) is 4.74 Å². The summed E-state index contributed by atoms with van der Waals surface area (Å²) >= 11 is 0. The van der Waals surface area contributed by atoms with Gasteiger partial charge in [-0.3, -0.25) is 4.99 Å². The molecule has 0 aliphatic rings. The Kier molecular flexibility index (Phi) is 6.85. The molecule has 0 bridgehead atoms. The van der Waals surface area contributed by atoms with E-state index in [1.165, 1.54) is 0 Å². The summed E-state index contributed by atoms with van der Waals surface area (Å²) < 4.78 is 39.3. The third-order valence-corrected chi connectivity index (χ3v) is 1.48. The Balaban J connectivity index is 3.33. The number of hydrogen-bond acceptors (Lipinski definition) is 2. The minimum absolute atomic E-state index is 0.0766. The van der Waals surface area contributed by atoms with Gasteiger partial charge in [-0.15, -0.1) is 0 Å². The highest BCUT2D eigenvalue weighted by atomic mass is 19.4. The first-order chi connectivity index (χ1) is 6.99. The number of aliphatic imine (C=N–C) groups is 1. The van der Waals surface area contributed by atoms with E-state index in [0.29, 0.717) is 18.9 Å². The van der Waals surface area contributed by atoms with E-state index in [1.807, 2.05) is 0 Å². The van der Waals surface area contributed by atoms with Gasteiger partial charge in [0.1, 0.15) is 6.61 Å². The third-order valence-electron chi connectivity index (χ3n) is 1.48. The molecule has 7 heteroatoms. The van der Waals surface area contributed by atoms with Crippen molar-refractivity contribution < 1.29 is 17.9 Å². The van der Waals surface area contributed by atoms with Crippen LogP contribution in [0.25, 0.3) is 0 Å². The second-order valence-electron chi connectivity index (χ2n) is 2.77. The molecule has 0 atom stereocenters. The average Bonchev–Trinajstić information content (AvgIpc) is 2.15. The molecule has 0 aliphatic heterocycles. The van der Waals surface area contributed by atoms with Crippen LogP contribution in [0.15, 0.2) is 4.99 Å². The predicted octanol–water partition coefficient (Wildman–Crippen LogP) is 0.750. The molecule has 0 unspecified atom stereocenters. The molecule has 0 radical (unpaired) electrons. The molecule has 0 aromatic heterocycles. The smallest absolute Gasteiger partial charge is 0.372 e. The highest BCUT2D eigenvalue weighted by Gasteiger charge is 2.27. The Labute approximate surface area is 86.9 Å². The molecule has 0 rings (SSSR count). The molecular weight excluding hydrogens is 211 g/mol. The Morgan fingerprint density at radius 2 is 2.07 bits per heavy atom. The van der Waals surface area contributed by atoms with Gasteiger partial charge in [0.2, 0.25) is 0 Å². The zero-order valence-corrected chi connectivity index (χ0v) is 8.82. The van der Waals surface area contributed by atoms with E-state index < -0.39 is 12.8 Å². The molecule has 15 heavy (non-hydrogen) atoms. The van der Waals surface area contributed by atoms with E-state index in [0.717, 1.165) is 0 Å². The molecule has 0 spiro atoms. The first kappa shape index (κ1) is 14.0. The number of hydrogen-bond donors (Lipinski definition) is 2. The summed E-state index contributed by atoms with van der Waals surface area (Å²) in [6.45, 7) is -0.591. The second kappa shape index (κ2) is 7.33. The van der Waals surface area contributed by atoms with E-state index in [1.54, 1.807) is 14.1 Å². The first-order valence-electron chi connectivity index (χ1n) is 4.52. The van der Waals surface area contributed by atoms with Crippen molar-refractivity contribution >= 4 is 5.96 Å². The fraction of sp³-hybridized carbons (Fsp3) is 0.875. The molecular formula is C8H16F3N3O. The van der Waals surface area contributed by atoms with Crippen molar-refractivity contribution in [3.8, 4) is 0 Å². The van der Waals surface area contributed by atoms with Gasteiger partial charge >= 0.3 is 6.18 Å². The van der Waals surface area contributed by atoms with Gasteiger partial charge in [0.05, 0.1) is 0 Å². The SMILES string of the molecule is CN=C(NC)NCCCOCC(F)(F)F. The number of nitrogens with one attached hydrogen (secondary N) is 2. The molecule has 0 heterocycles. The number of guanidine groups is 1. The fourth-order valence-electron chi connectivity index (χ4n) is 0.848. The van der Waals surface area contributed by atoms with Gasteiger partial charge in [-0.25, -0.2) is 0 Å². The Bertz CT molecular complexity index is 194. The third kappa shape index (κ3) is 9.33. The normalized spacial score (nSPS) is 12.7. The quantitative estimate of drug-likeness (QED) is 0.414.